The molecular formula is C18H21FN4O4. The van der Waals surface area contributed by atoms with Crippen molar-refractivity contribution in [1.82, 2.24) is 14.9 Å². The molecule has 1 fully saturated rings. The SMILES string of the molecule is CC(C)(C)OC(=O)N1C[C@H](F)C[C@H]1C(=O)Nc1cccc(-c2ncco2)n1. The van der Waals surface area contributed by atoms with E-state index in [0.29, 0.717) is 11.6 Å². The normalized spacial score (nSPS) is 19.8. The molecule has 3 heterocycles. The van der Waals surface area contributed by atoms with Gasteiger partial charge in [-0.05, 0) is 32.9 Å². The number of hydrogen-bond acceptors (Lipinski definition) is 6. The van der Waals surface area contributed by atoms with Gasteiger partial charge in [-0.25, -0.2) is 19.2 Å². The minimum absolute atomic E-state index is 0.0928. The molecule has 0 bridgehead atoms. The molecule has 2 aromatic rings. The first kappa shape index (κ1) is 18.8. The Morgan fingerprint density at radius 3 is 2.81 bits per heavy atom. The standard InChI is InChI=1S/C18H21FN4O4/c1-18(2,3)27-17(25)23-10-11(19)9-13(23)15(24)22-14-6-4-5-12(21-14)16-20-7-8-26-16/h4-8,11,13H,9-10H2,1-3H3,(H,21,22,24)/t11-,13+/m1/s1. The highest BCUT2D eigenvalue weighted by Gasteiger charge is 2.41. The van der Waals surface area contributed by atoms with E-state index in [-0.39, 0.29) is 18.8 Å². The summed E-state index contributed by atoms with van der Waals surface area (Å²) in [5.41, 5.74) is -0.296. The molecule has 3 rings (SSSR count). The molecule has 2 amide bonds. The van der Waals surface area contributed by atoms with Gasteiger partial charge in [0.15, 0.2) is 0 Å². The lowest BCUT2D eigenvalue weighted by Gasteiger charge is -2.27. The van der Waals surface area contributed by atoms with E-state index in [1.165, 1.54) is 12.5 Å². The summed E-state index contributed by atoms with van der Waals surface area (Å²) in [6.07, 6.45) is 0.802. The third kappa shape index (κ3) is 4.60. The van der Waals surface area contributed by atoms with Crippen molar-refractivity contribution in [3.05, 3.63) is 30.7 Å². The largest absolute Gasteiger partial charge is 0.444 e. The van der Waals surface area contributed by atoms with Crippen molar-refractivity contribution in [3.63, 3.8) is 0 Å². The van der Waals surface area contributed by atoms with Crippen molar-refractivity contribution in [1.29, 1.82) is 0 Å². The number of pyridine rings is 1. The molecule has 0 radical (unpaired) electrons. The van der Waals surface area contributed by atoms with Crippen molar-refractivity contribution in [3.8, 4) is 11.6 Å². The Hall–Kier alpha value is -2.97. The first-order valence-corrected chi connectivity index (χ1v) is 8.54. The first-order valence-electron chi connectivity index (χ1n) is 8.54. The van der Waals surface area contributed by atoms with Gasteiger partial charge in [-0.1, -0.05) is 6.07 Å². The van der Waals surface area contributed by atoms with Crippen LogP contribution >= 0.6 is 0 Å². The maximum atomic E-state index is 13.9. The molecule has 0 spiro atoms. The smallest absolute Gasteiger partial charge is 0.411 e. The Morgan fingerprint density at radius 1 is 1.37 bits per heavy atom. The van der Waals surface area contributed by atoms with Crippen molar-refractivity contribution in [2.75, 3.05) is 11.9 Å². The fraction of sp³-hybridized carbons (Fsp3) is 0.444. The molecule has 0 aliphatic carbocycles. The zero-order valence-corrected chi connectivity index (χ0v) is 15.3. The highest BCUT2D eigenvalue weighted by Crippen LogP contribution is 2.25. The van der Waals surface area contributed by atoms with Gasteiger partial charge in [0, 0.05) is 6.42 Å². The third-order valence-corrected chi connectivity index (χ3v) is 3.83. The summed E-state index contributed by atoms with van der Waals surface area (Å²) in [5, 5.41) is 2.62. The average Bonchev–Trinajstić information content (AvgIpc) is 3.23. The fourth-order valence-corrected chi connectivity index (χ4v) is 2.74. The molecule has 1 N–H and O–H groups in total. The number of rotatable bonds is 3. The molecule has 2 atom stereocenters. The van der Waals surface area contributed by atoms with E-state index in [0.717, 1.165) is 4.90 Å². The van der Waals surface area contributed by atoms with Crippen LogP contribution in [0.15, 0.2) is 35.1 Å². The number of hydrogen-bond donors (Lipinski definition) is 1. The van der Waals surface area contributed by atoms with E-state index in [9.17, 15) is 14.0 Å². The number of carbonyl (C=O) groups excluding carboxylic acids is 2. The van der Waals surface area contributed by atoms with E-state index in [1.54, 1.807) is 39.0 Å². The minimum Gasteiger partial charge on any atom is -0.444 e. The Morgan fingerprint density at radius 2 is 2.15 bits per heavy atom. The molecule has 0 aromatic carbocycles. The number of halogens is 1. The van der Waals surface area contributed by atoms with Crippen LogP contribution in [0.2, 0.25) is 0 Å². The Bertz CT molecular complexity index is 819. The van der Waals surface area contributed by atoms with Crippen LogP contribution in [0.25, 0.3) is 11.6 Å². The van der Waals surface area contributed by atoms with Crippen LogP contribution in [-0.4, -0.2) is 51.2 Å². The lowest BCUT2D eigenvalue weighted by Crippen LogP contribution is -2.45. The Kier molecular flexibility index (Phi) is 5.11. The molecule has 1 aliphatic heterocycles. The molecular weight excluding hydrogens is 355 g/mol. The minimum atomic E-state index is -1.29. The summed E-state index contributed by atoms with van der Waals surface area (Å²) < 4.78 is 24.4. The summed E-state index contributed by atoms with van der Waals surface area (Å²) in [6.45, 7) is 4.94. The van der Waals surface area contributed by atoms with Gasteiger partial charge in [0.25, 0.3) is 0 Å². The lowest BCUT2D eigenvalue weighted by molar-refractivity contribution is -0.120. The quantitative estimate of drug-likeness (QED) is 0.884. The predicted octanol–water partition coefficient (Wildman–Crippen LogP) is 3.02. The van der Waals surface area contributed by atoms with E-state index in [1.807, 2.05) is 0 Å². The van der Waals surface area contributed by atoms with Crippen LogP contribution in [0.5, 0.6) is 0 Å². The molecule has 27 heavy (non-hydrogen) atoms. The van der Waals surface area contributed by atoms with Gasteiger partial charge < -0.3 is 14.5 Å². The summed E-state index contributed by atoms with van der Waals surface area (Å²) in [5.74, 6) is 0.0337. The number of amides is 2. The van der Waals surface area contributed by atoms with Crippen LogP contribution in [-0.2, 0) is 9.53 Å². The molecule has 0 unspecified atom stereocenters. The number of oxazole rings is 1. The van der Waals surface area contributed by atoms with E-state index < -0.39 is 29.8 Å². The van der Waals surface area contributed by atoms with Gasteiger partial charge in [0.2, 0.25) is 11.8 Å². The monoisotopic (exact) mass is 376 g/mol. The molecule has 9 heteroatoms. The van der Waals surface area contributed by atoms with Gasteiger partial charge in [-0.3, -0.25) is 9.69 Å². The van der Waals surface area contributed by atoms with Gasteiger partial charge in [-0.2, -0.15) is 0 Å². The number of nitrogens with one attached hydrogen (secondary N) is 1. The topological polar surface area (TPSA) is 97.6 Å². The van der Waals surface area contributed by atoms with Gasteiger partial charge in [-0.15, -0.1) is 0 Å². The van der Waals surface area contributed by atoms with Crippen molar-refractivity contribution < 1.29 is 23.1 Å². The van der Waals surface area contributed by atoms with Crippen LogP contribution in [0.3, 0.4) is 0 Å². The number of anilines is 1. The van der Waals surface area contributed by atoms with Crippen molar-refractivity contribution in [2.24, 2.45) is 0 Å². The van der Waals surface area contributed by atoms with Crippen molar-refractivity contribution >= 4 is 17.8 Å². The van der Waals surface area contributed by atoms with Gasteiger partial charge in [0.05, 0.1) is 12.7 Å². The van der Waals surface area contributed by atoms with E-state index in [2.05, 4.69) is 15.3 Å². The highest BCUT2D eigenvalue weighted by atomic mass is 19.1. The number of likely N-dealkylation sites (tertiary alicyclic amines) is 1. The summed E-state index contributed by atoms with van der Waals surface area (Å²) in [6, 6.07) is 3.98. The molecule has 2 aromatic heterocycles. The number of alkyl halides is 1. The lowest BCUT2D eigenvalue weighted by atomic mass is 10.2. The highest BCUT2D eigenvalue weighted by molar-refractivity contribution is 5.96. The summed E-state index contributed by atoms with van der Waals surface area (Å²) >= 11 is 0. The third-order valence-electron chi connectivity index (χ3n) is 3.83. The number of aromatic nitrogens is 2. The Labute approximate surface area is 155 Å². The zero-order chi connectivity index (χ0) is 19.6. The molecule has 0 saturated carbocycles. The molecule has 8 nitrogen and oxygen atoms in total. The van der Waals surface area contributed by atoms with Crippen LogP contribution in [0, 0.1) is 0 Å². The zero-order valence-electron chi connectivity index (χ0n) is 15.3. The second-order valence-corrected chi connectivity index (χ2v) is 7.22. The summed E-state index contributed by atoms with van der Waals surface area (Å²) in [4.78, 5) is 34.3. The van der Waals surface area contributed by atoms with E-state index in [4.69, 9.17) is 9.15 Å². The van der Waals surface area contributed by atoms with Crippen molar-refractivity contribution in [2.45, 2.75) is 45.0 Å². The molecule has 144 valence electrons. The van der Waals surface area contributed by atoms with Gasteiger partial charge >= 0.3 is 6.09 Å². The maximum Gasteiger partial charge on any atom is 0.411 e. The fourth-order valence-electron chi connectivity index (χ4n) is 2.74. The second kappa shape index (κ2) is 7.34. The number of ether oxygens (including phenoxy) is 1. The molecule has 1 aliphatic rings. The number of nitrogens with zero attached hydrogens (tertiary/aromatic N) is 3. The first-order chi connectivity index (χ1) is 12.7. The molecule has 1 saturated heterocycles. The average molecular weight is 376 g/mol. The van der Waals surface area contributed by atoms with Gasteiger partial charge in [0.1, 0.15) is 35.6 Å². The Balaban J connectivity index is 1.73. The maximum absolute atomic E-state index is 13.9. The van der Waals surface area contributed by atoms with E-state index >= 15 is 0 Å². The van der Waals surface area contributed by atoms with Crippen LogP contribution in [0.1, 0.15) is 27.2 Å². The predicted molar refractivity (Wildman–Crippen MR) is 94.6 cm³/mol. The van der Waals surface area contributed by atoms with Crippen LogP contribution < -0.4 is 5.32 Å². The van der Waals surface area contributed by atoms with Crippen LogP contribution in [0.4, 0.5) is 15.0 Å². The second-order valence-electron chi connectivity index (χ2n) is 7.22. The summed E-state index contributed by atoms with van der Waals surface area (Å²) in [7, 11) is 0. The number of carbonyl (C=O) groups is 2.